The Morgan fingerprint density at radius 2 is 2.19 bits per heavy atom. The molecule has 1 amide bonds. The number of hydrogen-bond acceptors (Lipinski definition) is 5. The van der Waals surface area contributed by atoms with E-state index in [1.807, 2.05) is 0 Å². The minimum Gasteiger partial charge on any atom is -0.478 e. The predicted molar refractivity (Wildman–Crippen MR) is 98.4 cm³/mol. The second-order valence-electron chi connectivity index (χ2n) is 5.53. The van der Waals surface area contributed by atoms with Gasteiger partial charge in [-0.3, -0.25) is 9.69 Å². The molecular weight excluding hydrogens is 356 g/mol. The van der Waals surface area contributed by atoms with Crippen LogP contribution in [0.2, 0.25) is 0 Å². The lowest BCUT2D eigenvalue weighted by Gasteiger charge is -2.12. The molecule has 1 aromatic heterocycles. The monoisotopic (exact) mass is 372 g/mol. The number of carboxylic acids is 1. The highest BCUT2D eigenvalue weighted by Crippen LogP contribution is 2.25. The van der Waals surface area contributed by atoms with E-state index in [1.165, 1.54) is 17.0 Å². The summed E-state index contributed by atoms with van der Waals surface area (Å²) in [6.45, 7) is 0.746. The summed E-state index contributed by atoms with van der Waals surface area (Å²) in [4.78, 5) is 24.9. The second-order valence-corrected chi connectivity index (χ2v) is 5.91. The molecule has 0 saturated carbocycles. The molecule has 2 N–H and O–H groups in total. The third-order valence-corrected chi connectivity index (χ3v) is 4.11. The number of hydrogen-bond donors (Lipinski definition) is 2. The van der Waals surface area contributed by atoms with Gasteiger partial charge in [0.25, 0.3) is 5.91 Å². The number of ether oxygens (including phenoxy) is 1. The molecular formula is C18H16N2O5S. The van der Waals surface area contributed by atoms with E-state index in [-0.39, 0.29) is 11.5 Å². The van der Waals surface area contributed by atoms with Crippen molar-refractivity contribution < 1.29 is 23.8 Å². The van der Waals surface area contributed by atoms with E-state index in [9.17, 15) is 9.59 Å². The largest absolute Gasteiger partial charge is 0.478 e. The number of furan rings is 1. The predicted octanol–water partition coefficient (Wildman–Crippen LogP) is 2.35. The average molecular weight is 372 g/mol. The van der Waals surface area contributed by atoms with E-state index in [4.69, 9.17) is 26.5 Å². The van der Waals surface area contributed by atoms with Crippen LogP contribution >= 0.6 is 12.2 Å². The van der Waals surface area contributed by atoms with E-state index < -0.39 is 5.97 Å². The number of nitrogens with one attached hydrogen (secondary N) is 1. The summed E-state index contributed by atoms with van der Waals surface area (Å²) < 4.78 is 10.7. The fourth-order valence-corrected chi connectivity index (χ4v) is 2.77. The van der Waals surface area contributed by atoms with E-state index in [2.05, 4.69) is 5.32 Å². The molecule has 0 aliphatic carbocycles. The first-order valence-electron chi connectivity index (χ1n) is 7.76. The second kappa shape index (κ2) is 7.51. The van der Waals surface area contributed by atoms with Crippen molar-refractivity contribution in [3.05, 3.63) is 53.4 Å². The number of benzene rings is 1. The van der Waals surface area contributed by atoms with Gasteiger partial charge in [-0.15, -0.1) is 0 Å². The van der Waals surface area contributed by atoms with Crippen molar-refractivity contribution in [2.45, 2.75) is 0 Å². The van der Waals surface area contributed by atoms with Crippen LogP contribution in [0.25, 0.3) is 17.4 Å². The molecule has 2 heterocycles. The quantitative estimate of drug-likeness (QED) is 0.594. The molecule has 0 unspecified atom stereocenters. The van der Waals surface area contributed by atoms with E-state index in [0.29, 0.717) is 41.0 Å². The Morgan fingerprint density at radius 1 is 1.38 bits per heavy atom. The van der Waals surface area contributed by atoms with Crippen LogP contribution in [0.15, 0.2) is 46.5 Å². The molecule has 1 fully saturated rings. The van der Waals surface area contributed by atoms with Crippen LogP contribution in [-0.4, -0.2) is 47.3 Å². The van der Waals surface area contributed by atoms with Crippen molar-refractivity contribution in [3.63, 3.8) is 0 Å². The lowest BCUT2D eigenvalue weighted by Crippen LogP contribution is -2.33. The fourth-order valence-electron chi connectivity index (χ4n) is 2.49. The highest BCUT2D eigenvalue weighted by molar-refractivity contribution is 7.80. The maximum Gasteiger partial charge on any atom is 0.335 e. The molecule has 7 nitrogen and oxygen atoms in total. The Morgan fingerprint density at radius 3 is 2.92 bits per heavy atom. The molecule has 1 saturated heterocycles. The number of amides is 1. The standard InChI is InChI=1S/C18H16N2O5S/c1-24-8-7-20-16(21)14(19-18(20)26)10-13-5-6-15(25-13)11-3-2-4-12(9-11)17(22)23/h2-6,9-10H,7-8H2,1H3,(H,19,26)(H,22,23)/b14-10-. The molecule has 0 radical (unpaired) electrons. The molecule has 0 bridgehead atoms. The number of thiocarbonyl (C=S) groups is 1. The summed E-state index contributed by atoms with van der Waals surface area (Å²) in [5.41, 5.74) is 1.12. The van der Waals surface area contributed by atoms with Crippen molar-refractivity contribution in [1.82, 2.24) is 10.2 Å². The van der Waals surface area contributed by atoms with Gasteiger partial charge in [-0.2, -0.15) is 0 Å². The Bertz CT molecular complexity index is 902. The van der Waals surface area contributed by atoms with Crippen LogP contribution in [0.5, 0.6) is 0 Å². The van der Waals surface area contributed by atoms with Gasteiger partial charge in [0.05, 0.1) is 18.7 Å². The Balaban J connectivity index is 1.81. The number of nitrogens with zero attached hydrogens (tertiary/aromatic N) is 1. The van der Waals surface area contributed by atoms with E-state index in [1.54, 1.807) is 37.5 Å². The molecule has 1 aliphatic heterocycles. The summed E-state index contributed by atoms with van der Waals surface area (Å²) in [6.07, 6.45) is 1.56. The van der Waals surface area contributed by atoms with Gasteiger partial charge in [0.2, 0.25) is 0 Å². The van der Waals surface area contributed by atoms with Gasteiger partial charge in [-0.1, -0.05) is 12.1 Å². The first kappa shape index (κ1) is 17.8. The van der Waals surface area contributed by atoms with Crippen molar-refractivity contribution in [2.24, 2.45) is 0 Å². The molecule has 0 atom stereocenters. The summed E-state index contributed by atoms with van der Waals surface area (Å²) >= 11 is 5.16. The molecule has 26 heavy (non-hydrogen) atoms. The molecule has 8 heteroatoms. The van der Waals surface area contributed by atoms with Gasteiger partial charge >= 0.3 is 5.97 Å². The van der Waals surface area contributed by atoms with Crippen molar-refractivity contribution in [3.8, 4) is 11.3 Å². The van der Waals surface area contributed by atoms with Crippen LogP contribution in [0, 0.1) is 0 Å². The molecule has 134 valence electrons. The zero-order valence-corrected chi connectivity index (χ0v) is 14.7. The average Bonchev–Trinajstić information content (AvgIpc) is 3.19. The maximum atomic E-state index is 12.4. The first-order chi connectivity index (χ1) is 12.5. The van der Waals surface area contributed by atoms with Crippen LogP contribution in [0.4, 0.5) is 0 Å². The minimum atomic E-state index is -1.01. The fraction of sp³-hybridized carbons (Fsp3) is 0.167. The van der Waals surface area contributed by atoms with Gasteiger partial charge in [0, 0.05) is 18.7 Å². The first-order valence-corrected chi connectivity index (χ1v) is 8.17. The zero-order valence-electron chi connectivity index (χ0n) is 13.9. The Hall–Kier alpha value is -2.97. The van der Waals surface area contributed by atoms with Gasteiger partial charge in [0.15, 0.2) is 5.11 Å². The lowest BCUT2D eigenvalue weighted by atomic mass is 10.1. The highest BCUT2D eigenvalue weighted by atomic mass is 32.1. The SMILES string of the molecule is COCCN1C(=O)/C(=C/c2ccc(-c3cccc(C(=O)O)c3)o2)NC1=S. The molecule has 0 spiro atoms. The Kier molecular flexibility index (Phi) is 5.15. The van der Waals surface area contributed by atoms with Gasteiger partial charge < -0.3 is 19.6 Å². The van der Waals surface area contributed by atoms with Crippen LogP contribution < -0.4 is 5.32 Å². The van der Waals surface area contributed by atoms with Crippen LogP contribution in [0.1, 0.15) is 16.1 Å². The normalized spacial score (nSPS) is 15.6. The summed E-state index contributed by atoms with van der Waals surface area (Å²) in [5, 5.41) is 12.3. The summed E-state index contributed by atoms with van der Waals surface area (Å²) in [5.74, 6) is -0.304. The molecule has 1 aromatic carbocycles. The lowest BCUT2D eigenvalue weighted by molar-refractivity contribution is -0.122. The van der Waals surface area contributed by atoms with Gasteiger partial charge in [-0.05, 0) is 36.5 Å². The number of carbonyl (C=O) groups excluding carboxylic acids is 1. The number of methoxy groups -OCH3 is 1. The third kappa shape index (κ3) is 3.66. The summed E-state index contributed by atoms with van der Waals surface area (Å²) in [6, 6.07) is 9.85. The topological polar surface area (TPSA) is 92.0 Å². The molecule has 2 aromatic rings. The van der Waals surface area contributed by atoms with Crippen LogP contribution in [-0.2, 0) is 9.53 Å². The van der Waals surface area contributed by atoms with E-state index >= 15 is 0 Å². The van der Waals surface area contributed by atoms with Crippen molar-refractivity contribution >= 4 is 35.3 Å². The van der Waals surface area contributed by atoms with Gasteiger partial charge in [0.1, 0.15) is 17.2 Å². The van der Waals surface area contributed by atoms with E-state index in [0.717, 1.165) is 0 Å². The minimum absolute atomic E-state index is 0.172. The van der Waals surface area contributed by atoms with Crippen molar-refractivity contribution in [2.75, 3.05) is 20.3 Å². The molecule has 3 rings (SSSR count). The smallest absolute Gasteiger partial charge is 0.335 e. The number of aromatic carboxylic acids is 1. The van der Waals surface area contributed by atoms with Crippen LogP contribution in [0.3, 0.4) is 0 Å². The van der Waals surface area contributed by atoms with Crippen molar-refractivity contribution in [1.29, 1.82) is 0 Å². The number of carbonyl (C=O) groups is 2. The zero-order chi connectivity index (χ0) is 18.7. The highest BCUT2D eigenvalue weighted by Gasteiger charge is 2.30. The maximum absolute atomic E-state index is 12.4. The van der Waals surface area contributed by atoms with Gasteiger partial charge in [-0.25, -0.2) is 4.79 Å². The Labute approximate surface area is 154 Å². The summed E-state index contributed by atoms with van der Waals surface area (Å²) in [7, 11) is 1.55. The molecule has 1 aliphatic rings. The number of carboxylic acid groups (broad SMARTS) is 1. The number of rotatable bonds is 6. The third-order valence-electron chi connectivity index (χ3n) is 3.79.